The molecule has 1 aliphatic rings. The van der Waals surface area contributed by atoms with E-state index in [0.29, 0.717) is 16.4 Å². The molecule has 1 amide bonds. The number of halogens is 1. The third-order valence-corrected chi connectivity index (χ3v) is 4.48. The molecular formula is C16H20ClN5O. The Balaban J connectivity index is 1.89. The van der Waals surface area contributed by atoms with Crippen LogP contribution in [0.1, 0.15) is 42.1 Å². The summed E-state index contributed by atoms with van der Waals surface area (Å²) in [6.07, 6.45) is 5.87. The van der Waals surface area contributed by atoms with Gasteiger partial charge in [-0.3, -0.25) is 9.48 Å². The summed E-state index contributed by atoms with van der Waals surface area (Å²) >= 11 is 5.88. The zero-order chi connectivity index (χ0) is 16.4. The van der Waals surface area contributed by atoms with Crippen LogP contribution in [0.15, 0.2) is 30.5 Å². The fourth-order valence-corrected chi connectivity index (χ4v) is 3.10. The number of nitrogens with two attached hydrogens (primary N) is 2. The van der Waals surface area contributed by atoms with Crippen LogP contribution in [0.4, 0.5) is 11.5 Å². The molecule has 3 rings (SSSR count). The molecule has 23 heavy (non-hydrogen) atoms. The Bertz CT molecular complexity index is 697. The largest absolute Gasteiger partial charge is 0.365 e. The number of nitrogens with one attached hydrogen (secondary N) is 1. The molecule has 0 saturated heterocycles. The highest BCUT2D eigenvalue weighted by molar-refractivity contribution is 6.30. The van der Waals surface area contributed by atoms with Gasteiger partial charge in [0.15, 0.2) is 5.82 Å². The Labute approximate surface area is 139 Å². The summed E-state index contributed by atoms with van der Waals surface area (Å²) < 4.78 is 1.78. The molecule has 0 unspecified atom stereocenters. The van der Waals surface area contributed by atoms with Crippen LogP contribution in [-0.4, -0.2) is 21.7 Å². The highest BCUT2D eigenvalue weighted by Gasteiger charge is 2.26. The first-order valence-corrected chi connectivity index (χ1v) is 8.09. The van der Waals surface area contributed by atoms with Crippen LogP contribution >= 0.6 is 11.6 Å². The molecule has 122 valence electrons. The van der Waals surface area contributed by atoms with Crippen molar-refractivity contribution in [2.24, 2.45) is 11.5 Å². The van der Waals surface area contributed by atoms with Crippen LogP contribution in [0.5, 0.6) is 0 Å². The summed E-state index contributed by atoms with van der Waals surface area (Å²) in [7, 11) is 0. The molecule has 1 heterocycles. The first-order valence-electron chi connectivity index (χ1n) is 7.71. The quantitative estimate of drug-likeness (QED) is 0.801. The van der Waals surface area contributed by atoms with Crippen molar-refractivity contribution in [1.29, 1.82) is 0 Å². The van der Waals surface area contributed by atoms with Gasteiger partial charge in [-0.15, -0.1) is 0 Å². The lowest BCUT2D eigenvalue weighted by atomic mass is 9.91. The molecule has 0 radical (unpaired) electrons. The van der Waals surface area contributed by atoms with E-state index in [1.54, 1.807) is 23.0 Å². The highest BCUT2D eigenvalue weighted by Crippen LogP contribution is 2.29. The summed E-state index contributed by atoms with van der Waals surface area (Å²) in [6, 6.07) is 7.32. The molecule has 2 atom stereocenters. The minimum Gasteiger partial charge on any atom is -0.365 e. The molecule has 0 aliphatic heterocycles. The Kier molecular flexibility index (Phi) is 4.54. The summed E-state index contributed by atoms with van der Waals surface area (Å²) in [6.45, 7) is 0. The Hall–Kier alpha value is -2.05. The predicted octanol–water partition coefficient (Wildman–Crippen LogP) is 2.82. The maximum Gasteiger partial charge on any atom is 0.254 e. The van der Waals surface area contributed by atoms with Crippen molar-refractivity contribution in [2.75, 3.05) is 5.32 Å². The van der Waals surface area contributed by atoms with Gasteiger partial charge >= 0.3 is 0 Å². The first kappa shape index (κ1) is 15.8. The van der Waals surface area contributed by atoms with E-state index in [9.17, 15) is 4.79 Å². The molecular weight excluding hydrogens is 314 g/mol. The number of carbonyl (C=O) groups is 1. The number of anilines is 2. The van der Waals surface area contributed by atoms with E-state index < -0.39 is 5.91 Å². The monoisotopic (exact) mass is 333 g/mol. The van der Waals surface area contributed by atoms with Gasteiger partial charge in [-0.25, -0.2) is 0 Å². The minimum absolute atomic E-state index is 0.0489. The Morgan fingerprint density at radius 1 is 1.26 bits per heavy atom. The lowest BCUT2D eigenvalue weighted by molar-refractivity contribution is 0.100. The molecule has 6 nitrogen and oxygen atoms in total. The van der Waals surface area contributed by atoms with Crippen LogP contribution in [0, 0.1) is 0 Å². The topological polar surface area (TPSA) is 99.0 Å². The fourth-order valence-electron chi connectivity index (χ4n) is 2.97. The standard InChI is InChI=1S/C16H20ClN5O/c17-10-5-7-11(8-6-10)20-16-12(15(19)23)9-22(21-16)14-4-2-1-3-13(14)18/h5-9,13-14H,1-4,18H2,(H2,19,23)(H,20,21)/t13-,14-/m0/s1. The summed E-state index contributed by atoms with van der Waals surface area (Å²) in [5.74, 6) is -0.0744. The van der Waals surface area contributed by atoms with Crippen LogP contribution in [0.25, 0.3) is 0 Å². The third kappa shape index (κ3) is 3.48. The van der Waals surface area contributed by atoms with Gasteiger partial charge in [-0.2, -0.15) is 5.10 Å². The molecule has 2 aromatic rings. The van der Waals surface area contributed by atoms with Gasteiger partial charge in [-0.1, -0.05) is 24.4 Å². The second-order valence-corrected chi connectivity index (χ2v) is 6.32. The van der Waals surface area contributed by atoms with E-state index in [-0.39, 0.29) is 12.1 Å². The maximum atomic E-state index is 11.7. The zero-order valence-electron chi connectivity index (χ0n) is 12.7. The van der Waals surface area contributed by atoms with E-state index >= 15 is 0 Å². The molecule has 5 N–H and O–H groups in total. The lowest BCUT2D eigenvalue weighted by Crippen LogP contribution is -2.35. The summed E-state index contributed by atoms with van der Waals surface area (Å²) in [4.78, 5) is 11.7. The second-order valence-electron chi connectivity index (χ2n) is 5.88. The van der Waals surface area contributed by atoms with Gasteiger partial charge in [0, 0.05) is 22.9 Å². The van der Waals surface area contributed by atoms with E-state index in [2.05, 4.69) is 10.4 Å². The van der Waals surface area contributed by atoms with E-state index in [4.69, 9.17) is 23.1 Å². The first-order chi connectivity index (χ1) is 11.0. The van der Waals surface area contributed by atoms with Gasteiger partial charge in [0.2, 0.25) is 0 Å². The van der Waals surface area contributed by atoms with E-state index in [1.165, 1.54) is 0 Å². The van der Waals surface area contributed by atoms with E-state index in [1.807, 2.05) is 12.1 Å². The van der Waals surface area contributed by atoms with Crippen LogP contribution in [0.2, 0.25) is 5.02 Å². The zero-order valence-corrected chi connectivity index (χ0v) is 13.5. The number of primary amides is 1. The maximum absolute atomic E-state index is 11.7. The van der Waals surface area contributed by atoms with Gasteiger partial charge in [0.1, 0.15) is 5.56 Å². The fraction of sp³-hybridized carbons (Fsp3) is 0.375. The average molecular weight is 334 g/mol. The summed E-state index contributed by atoms with van der Waals surface area (Å²) in [5, 5.41) is 8.28. The molecule has 1 saturated carbocycles. The summed E-state index contributed by atoms with van der Waals surface area (Å²) in [5.41, 5.74) is 12.8. The van der Waals surface area contributed by atoms with Gasteiger partial charge in [-0.05, 0) is 37.1 Å². The number of hydrogen-bond acceptors (Lipinski definition) is 4. The molecule has 1 aromatic carbocycles. The number of carbonyl (C=O) groups excluding carboxylic acids is 1. The van der Waals surface area contributed by atoms with Gasteiger partial charge in [0.05, 0.1) is 6.04 Å². The van der Waals surface area contributed by atoms with Crippen molar-refractivity contribution in [3.05, 3.63) is 41.0 Å². The van der Waals surface area contributed by atoms with Crippen molar-refractivity contribution < 1.29 is 4.79 Å². The van der Waals surface area contributed by atoms with Crippen molar-refractivity contribution in [2.45, 2.75) is 37.8 Å². The number of amides is 1. The smallest absolute Gasteiger partial charge is 0.254 e. The number of benzene rings is 1. The van der Waals surface area contributed by atoms with Crippen molar-refractivity contribution in [1.82, 2.24) is 9.78 Å². The predicted molar refractivity (Wildman–Crippen MR) is 91.0 cm³/mol. The highest BCUT2D eigenvalue weighted by atomic mass is 35.5. The van der Waals surface area contributed by atoms with Crippen molar-refractivity contribution >= 4 is 29.0 Å². The van der Waals surface area contributed by atoms with Crippen LogP contribution in [0.3, 0.4) is 0 Å². The molecule has 1 fully saturated rings. The Morgan fingerprint density at radius 3 is 2.61 bits per heavy atom. The molecule has 1 aromatic heterocycles. The van der Waals surface area contributed by atoms with Crippen molar-refractivity contribution in [3.8, 4) is 0 Å². The number of rotatable bonds is 4. The van der Waals surface area contributed by atoms with Gasteiger partial charge in [0.25, 0.3) is 5.91 Å². The number of nitrogens with zero attached hydrogens (tertiary/aromatic N) is 2. The third-order valence-electron chi connectivity index (χ3n) is 4.23. The lowest BCUT2D eigenvalue weighted by Gasteiger charge is -2.28. The second kappa shape index (κ2) is 6.60. The number of aromatic nitrogens is 2. The molecule has 7 heteroatoms. The molecule has 1 aliphatic carbocycles. The van der Waals surface area contributed by atoms with Crippen molar-refractivity contribution in [3.63, 3.8) is 0 Å². The van der Waals surface area contributed by atoms with Gasteiger partial charge < -0.3 is 16.8 Å². The van der Waals surface area contributed by atoms with Crippen LogP contribution in [-0.2, 0) is 0 Å². The minimum atomic E-state index is -0.517. The average Bonchev–Trinajstić information content (AvgIpc) is 2.94. The SMILES string of the molecule is NC(=O)c1cn([C@H]2CCCC[C@@H]2N)nc1Nc1ccc(Cl)cc1. The van der Waals surface area contributed by atoms with Crippen LogP contribution < -0.4 is 16.8 Å². The Morgan fingerprint density at radius 2 is 1.96 bits per heavy atom. The molecule has 0 bridgehead atoms. The number of hydrogen-bond donors (Lipinski definition) is 3. The normalized spacial score (nSPS) is 21.1. The molecule has 0 spiro atoms. The van der Waals surface area contributed by atoms with E-state index in [0.717, 1.165) is 31.4 Å².